The lowest BCUT2D eigenvalue weighted by atomic mass is 10.1. The van der Waals surface area contributed by atoms with Gasteiger partial charge in [0.2, 0.25) is 0 Å². The minimum absolute atomic E-state index is 0.0192. The van der Waals surface area contributed by atoms with Gasteiger partial charge in [-0.15, -0.1) is 0 Å². The van der Waals surface area contributed by atoms with Gasteiger partial charge in [0.25, 0.3) is 0 Å². The van der Waals surface area contributed by atoms with Gasteiger partial charge in [-0.25, -0.2) is 9.18 Å². The maximum Gasteiger partial charge on any atom is 0.416 e. The molecule has 0 aromatic heterocycles. The van der Waals surface area contributed by atoms with Crippen LogP contribution in [0.15, 0.2) is 42.5 Å². The number of carbonyl (C=O) groups is 1. The lowest BCUT2D eigenvalue weighted by Crippen LogP contribution is -2.08. The Morgan fingerprint density at radius 3 is 2.52 bits per heavy atom. The molecule has 2 aromatic rings. The Morgan fingerprint density at radius 1 is 1.17 bits per heavy atom. The third kappa shape index (κ3) is 4.21. The molecule has 0 aliphatic heterocycles. The zero-order chi connectivity index (χ0) is 17.0. The number of esters is 1. The maximum absolute atomic E-state index is 13.9. The molecule has 0 saturated heterocycles. The summed E-state index contributed by atoms with van der Waals surface area (Å²) in [5.41, 5.74) is -0.289. The minimum Gasteiger partial charge on any atom is -0.465 e. The van der Waals surface area contributed by atoms with Gasteiger partial charge in [0.1, 0.15) is 5.82 Å². The third-order valence-electron chi connectivity index (χ3n) is 3.15. The Kier molecular flexibility index (Phi) is 4.88. The Bertz CT molecular complexity index is 713. The molecular weight excluding hydrogens is 314 g/mol. The lowest BCUT2D eigenvalue weighted by Gasteiger charge is -2.11. The van der Waals surface area contributed by atoms with Crippen LogP contribution < -0.4 is 5.32 Å². The Hall–Kier alpha value is -2.57. The second-order valence-electron chi connectivity index (χ2n) is 4.73. The predicted octanol–water partition coefficient (Wildman–Crippen LogP) is 4.24. The SMILES string of the molecule is COC(=O)c1ccc(CNc2cccc(C(F)(F)F)c2)c(F)c1. The van der Waals surface area contributed by atoms with Gasteiger partial charge in [0.15, 0.2) is 0 Å². The molecule has 23 heavy (non-hydrogen) atoms. The van der Waals surface area contributed by atoms with Crippen molar-refractivity contribution in [1.29, 1.82) is 0 Å². The van der Waals surface area contributed by atoms with E-state index in [4.69, 9.17) is 0 Å². The molecule has 0 heterocycles. The van der Waals surface area contributed by atoms with E-state index < -0.39 is 23.5 Å². The van der Waals surface area contributed by atoms with Crippen LogP contribution >= 0.6 is 0 Å². The quantitative estimate of drug-likeness (QED) is 0.674. The predicted molar refractivity (Wildman–Crippen MR) is 76.5 cm³/mol. The molecule has 2 aromatic carbocycles. The van der Waals surface area contributed by atoms with Crippen LogP contribution in [-0.4, -0.2) is 13.1 Å². The number of methoxy groups -OCH3 is 1. The van der Waals surface area contributed by atoms with Crippen LogP contribution in [0.2, 0.25) is 0 Å². The van der Waals surface area contributed by atoms with Crippen molar-refractivity contribution >= 4 is 11.7 Å². The summed E-state index contributed by atoms with van der Waals surface area (Å²) in [4.78, 5) is 11.3. The monoisotopic (exact) mass is 327 g/mol. The summed E-state index contributed by atoms with van der Waals surface area (Å²) in [6.07, 6.45) is -4.44. The molecule has 7 heteroatoms. The van der Waals surface area contributed by atoms with Crippen LogP contribution in [0, 0.1) is 5.82 Å². The topological polar surface area (TPSA) is 38.3 Å². The van der Waals surface area contributed by atoms with E-state index in [0.717, 1.165) is 18.2 Å². The molecule has 3 nitrogen and oxygen atoms in total. The molecule has 0 fully saturated rings. The second kappa shape index (κ2) is 6.68. The molecule has 0 unspecified atom stereocenters. The van der Waals surface area contributed by atoms with Gasteiger partial charge in [0, 0.05) is 17.8 Å². The molecule has 0 aliphatic rings. The molecule has 0 bridgehead atoms. The van der Waals surface area contributed by atoms with Crippen LogP contribution in [0.3, 0.4) is 0 Å². The van der Waals surface area contributed by atoms with E-state index in [2.05, 4.69) is 10.1 Å². The third-order valence-corrected chi connectivity index (χ3v) is 3.15. The second-order valence-corrected chi connectivity index (χ2v) is 4.73. The zero-order valence-electron chi connectivity index (χ0n) is 12.1. The lowest BCUT2D eigenvalue weighted by molar-refractivity contribution is -0.137. The Balaban J connectivity index is 2.11. The van der Waals surface area contributed by atoms with Gasteiger partial charge in [0.05, 0.1) is 18.2 Å². The molecule has 0 saturated carbocycles. The van der Waals surface area contributed by atoms with Crippen molar-refractivity contribution in [3.8, 4) is 0 Å². The number of alkyl halides is 3. The normalized spacial score (nSPS) is 11.2. The van der Waals surface area contributed by atoms with Crippen LogP contribution in [0.1, 0.15) is 21.5 Å². The summed E-state index contributed by atoms with van der Waals surface area (Å²) >= 11 is 0. The zero-order valence-corrected chi connectivity index (χ0v) is 12.1. The van der Waals surface area contributed by atoms with Gasteiger partial charge in [-0.1, -0.05) is 12.1 Å². The fourth-order valence-electron chi connectivity index (χ4n) is 1.94. The van der Waals surface area contributed by atoms with Crippen molar-refractivity contribution in [3.05, 3.63) is 65.0 Å². The molecule has 0 radical (unpaired) electrons. The van der Waals surface area contributed by atoms with Crippen molar-refractivity contribution in [2.75, 3.05) is 12.4 Å². The highest BCUT2D eigenvalue weighted by atomic mass is 19.4. The highest BCUT2D eigenvalue weighted by Gasteiger charge is 2.30. The van der Waals surface area contributed by atoms with Crippen molar-refractivity contribution in [2.24, 2.45) is 0 Å². The van der Waals surface area contributed by atoms with E-state index in [-0.39, 0.29) is 23.4 Å². The molecule has 0 aliphatic carbocycles. The van der Waals surface area contributed by atoms with Gasteiger partial charge >= 0.3 is 12.1 Å². The van der Waals surface area contributed by atoms with E-state index >= 15 is 0 Å². The molecule has 0 amide bonds. The van der Waals surface area contributed by atoms with Gasteiger partial charge in [-0.3, -0.25) is 0 Å². The van der Waals surface area contributed by atoms with Crippen molar-refractivity contribution in [3.63, 3.8) is 0 Å². The number of hydrogen-bond donors (Lipinski definition) is 1. The number of rotatable bonds is 4. The number of anilines is 1. The van der Waals surface area contributed by atoms with Gasteiger partial charge in [-0.05, 0) is 30.3 Å². The highest BCUT2D eigenvalue weighted by molar-refractivity contribution is 5.89. The van der Waals surface area contributed by atoms with Crippen molar-refractivity contribution < 1.29 is 27.1 Å². The van der Waals surface area contributed by atoms with E-state index in [1.807, 2.05) is 0 Å². The average Bonchev–Trinajstić information content (AvgIpc) is 2.52. The molecule has 122 valence electrons. The fourth-order valence-corrected chi connectivity index (χ4v) is 1.94. The smallest absolute Gasteiger partial charge is 0.416 e. The van der Waals surface area contributed by atoms with E-state index in [9.17, 15) is 22.4 Å². The molecular formula is C16H13F4NO2. The first-order chi connectivity index (χ1) is 10.8. The summed E-state index contributed by atoms with van der Waals surface area (Å²) < 4.78 is 56.2. The maximum atomic E-state index is 13.9. The average molecular weight is 327 g/mol. The van der Waals surface area contributed by atoms with Crippen LogP contribution in [0.4, 0.5) is 23.2 Å². The highest BCUT2D eigenvalue weighted by Crippen LogP contribution is 2.30. The number of hydrogen-bond acceptors (Lipinski definition) is 3. The Labute approximate surface area is 129 Å². The standard InChI is InChI=1S/C16H13F4NO2/c1-23-15(22)10-5-6-11(14(17)7-10)9-21-13-4-2-3-12(8-13)16(18,19)20/h2-8,21H,9H2,1H3. The van der Waals surface area contributed by atoms with E-state index in [1.165, 1.54) is 31.4 Å². The summed E-state index contributed by atoms with van der Waals surface area (Å²) in [5.74, 6) is -1.31. The van der Waals surface area contributed by atoms with E-state index in [1.54, 1.807) is 0 Å². The van der Waals surface area contributed by atoms with Gasteiger partial charge in [-0.2, -0.15) is 13.2 Å². The largest absolute Gasteiger partial charge is 0.465 e. The van der Waals surface area contributed by atoms with Crippen LogP contribution in [0.5, 0.6) is 0 Å². The number of halogens is 4. The fraction of sp³-hybridized carbons (Fsp3) is 0.188. The molecule has 0 atom stereocenters. The van der Waals surface area contributed by atoms with Crippen molar-refractivity contribution in [2.45, 2.75) is 12.7 Å². The number of ether oxygens (including phenoxy) is 1. The van der Waals surface area contributed by atoms with Crippen LogP contribution in [-0.2, 0) is 17.5 Å². The summed E-state index contributed by atoms with van der Waals surface area (Å²) in [7, 11) is 1.18. The first kappa shape index (κ1) is 16.8. The first-order valence-corrected chi connectivity index (χ1v) is 6.59. The summed E-state index contributed by atoms with van der Waals surface area (Å²) in [5, 5.41) is 2.72. The van der Waals surface area contributed by atoms with Gasteiger partial charge < -0.3 is 10.1 Å². The van der Waals surface area contributed by atoms with Crippen LogP contribution in [0.25, 0.3) is 0 Å². The summed E-state index contributed by atoms with van der Waals surface area (Å²) in [6.45, 7) is -0.0192. The first-order valence-electron chi connectivity index (χ1n) is 6.59. The number of carbonyl (C=O) groups excluding carboxylic acids is 1. The Morgan fingerprint density at radius 2 is 1.91 bits per heavy atom. The molecule has 0 spiro atoms. The number of nitrogens with one attached hydrogen (secondary N) is 1. The van der Waals surface area contributed by atoms with E-state index in [0.29, 0.717) is 0 Å². The number of benzene rings is 2. The van der Waals surface area contributed by atoms with Crippen molar-refractivity contribution in [1.82, 2.24) is 0 Å². The summed E-state index contributed by atoms with van der Waals surface area (Å²) in [6, 6.07) is 8.41. The minimum atomic E-state index is -4.44. The molecule has 2 rings (SSSR count). The molecule has 1 N–H and O–H groups in total.